The first-order valence-corrected chi connectivity index (χ1v) is 4.14. The molecule has 2 aliphatic rings. The van der Waals surface area contributed by atoms with E-state index in [-0.39, 0.29) is 0 Å². The SMILES string of the molecule is C(=C1CCN1)N1CCCC1. The average Bonchev–Trinajstić information content (AvgIpc) is 2.29. The van der Waals surface area contributed by atoms with Gasteiger partial charge in [0, 0.05) is 38.0 Å². The van der Waals surface area contributed by atoms with Gasteiger partial charge in [0.2, 0.25) is 0 Å². The Balaban J connectivity index is 1.87. The fraction of sp³-hybridized carbons (Fsp3) is 0.750. The summed E-state index contributed by atoms with van der Waals surface area (Å²) >= 11 is 0. The maximum absolute atomic E-state index is 3.29. The summed E-state index contributed by atoms with van der Waals surface area (Å²) in [5, 5.41) is 3.29. The van der Waals surface area contributed by atoms with E-state index in [1.165, 1.54) is 44.6 Å². The second-order valence-electron chi connectivity index (χ2n) is 3.07. The van der Waals surface area contributed by atoms with E-state index < -0.39 is 0 Å². The normalized spacial score (nSPS) is 28.4. The van der Waals surface area contributed by atoms with Crippen LogP contribution in [0.5, 0.6) is 0 Å². The summed E-state index contributed by atoms with van der Waals surface area (Å²) < 4.78 is 0. The van der Waals surface area contributed by atoms with E-state index >= 15 is 0 Å². The maximum Gasteiger partial charge on any atom is 0.0286 e. The molecule has 0 bridgehead atoms. The Morgan fingerprint density at radius 1 is 1.30 bits per heavy atom. The van der Waals surface area contributed by atoms with Gasteiger partial charge in [-0.3, -0.25) is 0 Å². The summed E-state index contributed by atoms with van der Waals surface area (Å²) in [6.45, 7) is 3.72. The van der Waals surface area contributed by atoms with E-state index in [1.807, 2.05) is 0 Å². The molecule has 0 atom stereocenters. The van der Waals surface area contributed by atoms with Gasteiger partial charge in [0.25, 0.3) is 0 Å². The second-order valence-corrected chi connectivity index (χ2v) is 3.07. The van der Waals surface area contributed by atoms with Crippen molar-refractivity contribution in [2.45, 2.75) is 19.3 Å². The highest BCUT2D eigenvalue weighted by Gasteiger charge is 2.11. The lowest BCUT2D eigenvalue weighted by Gasteiger charge is -2.23. The number of hydrogen-bond donors (Lipinski definition) is 1. The molecular weight excluding hydrogens is 124 g/mol. The minimum Gasteiger partial charge on any atom is -0.387 e. The number of nitrogens with one attached hydrogen (secondary N) is 1. The molecule has 10 heavy (non-hydrogen) atoms. The van der Waals surface area contributed by atoms with Gasteiger partial charge in [0.05, 0.1) is 0 Å². The lowest BCUT2D eigenvalue weighted by molar-refractivity contribution is 0.447. The molecule has 0 radical (unpaired) electrons. The summed E-state index contributed by atoms with van der Waals surface area (Å²) in [6, 6.07) is 0. The van der Waals surface area contributed by atoms with Crippen LogP contribution in [0.2, 0.25) is 0 Å². The number of nitrogens with zero attached hydrogens (tertiary/aromatic N) is 1. The van der Waals surface area contributed by atoms with Crippen molar-refractivity contribution < 1.29 is 0 Å². The molecule has 0 aromatic rings. The first-order valence-electron chi connectivity index (χ1n) is 4.14. The predicted molar refractivity (Wildman–Crippen MR) is 41.5 cm³/mol. The molecule has 0 unspecified atom stereocenters. The summed E-state index contributed by atoms with van der Waals surface area (Å²) in [4.78, 5) is 2.42. The van der Waals surface area contributed by atoms with Crippen molar-refractivity contribution in [2.24, 2.45) is 0 Å². The highest BCUT2D eigenvalue weighted by Crippen LogP contribution is 2.12. The minimum absolute atomic E-state index is 1.18. The van der Waals surface area contributed by atoms with Crippen LogP contribution in [0.25, 0.3) is 0 Å². The van der Waals surface area contributed by atoms with Crippen LogP contribution in [0.15, 0.2) is 11.9 Å². The fourth-order valence-corrected chi connectivity index (χ4v) is 1.47. The average molecular weight is 138 g/mol. The predicted octanol–water partition coefficient (Wildman–Crippen LogP) is 0.917. The quantitative estimate of drug-likeness (QED) is 0.579. The van der Waals surface area contributed by atoms with Crippen molar-refractivity contribution in [3.05, 3.63) is 11.9 Å². The third-order valence-electron chi connectivity index (χ3n) is 2.23. The zero-order chi connectivity index (χ0) is 6.81. The molecule has 0 aliphatic carbocycles. The molecule has 2 saturated heterocycles. The minimum atomic E-state index is 1.18. The molecule has 2 fully saturated rings. The first-order chi connectivity index (χ1) is 4.95. The monoisotopic (exact) mass is 138 g/mol. The van der Waals surface area contributed by atoms with Gasteiger partial charge in [-0.05, 0) is 12.8 Å². The molecule has 2 rings (SSSR count). The van der Waals surface area contributed by atoms with Crippen molar-refractivity contribution in [1.82, 2.24) is 10.2 Å². The fourth-order valence-electron chi connectivity index (χ4n) is 1.47. The van der Waals surface area contributed by atoms with Gasteiger partial charge in [-0.1, -0.05) is 0 Å². The third kappa shape index (κ3) is 1.11. The van der Waals surface area contributed by atoms with Crippen molar-refractivity contribution in [1.29, 1.82) is 0 Å². The molecule has 0 aromatic heterocycles. The summed E-state index contributed by atoms with van der Waals surface area (Å²) in [7, 11) is 0. The van der Waals surface area contributed by atoms with Crippen LogP contribution in [-0.4, -0.2) is 24.5 Å². The molecule has 2 nitrogen and oxygen atoms in total. The van der Waals surface area contributed by atoms with Crippen LogP contribution in [-0.2, 0) is 0 Å². The van der Waals surface area contributed by atoms with Gasteiger partial charge in [0.15, 0.2) is 0 Å². The van der Waals surface area contributed by atoms with Gasteiger partial charge in [0.1, 0.15) is 0 Å². The molecule has 2 aliphatic heterocycles. The Kier molecular flexibility index (Phi) is 1.53. The van der Waals surface area contributed by atoms with Crippen LogP contribution >= 0.6 is 0 Å². The van der Waals surface area contributed by atoms with Crippen molar-refractivity contribution >= 4 is 0 Å². The summed E-state index contributed by atoms with van der Waals surface area (Å²) in [5.74, 6) is 0. The Hall–Kier alpha value is -0.660. The Morgan fingerprint density at radius 2 is 2.00 bits per heavy atom. The van der Waals surface area contributed by atoms with Crippen LogP contribution in [0.1, 0.15) is 19.3 Å². The molecule has 0 aromatic carbocycles. The van der Waals surface area contributed by atoms with Crippen LogP contribution < -0.4 is 5.32 Å². The molecular formula is C8H14N2. The van der Waals surface area contributed by atoms with Gasteiger partial charge in [-0.2, -0.15) is 0 Å². The van der Waals surface area contributed by atoms with E-state index in [0.29, 0.717) is 0 Å². The summed E-state index contributed by atoms with van der Waals surface area (Å²) in [5.41, 5.74) is 1.43. The molecule has 0 saturated carbocycles. The zero-order valence-electron chi connectivity index (χ0n) is 6.27. The van der Waals surface area contributed by atoms with Crippen molar-refractivity contribution in [3.63, 3.8) is 0 Å². The number of hydrogen-bond acceptors (Lipinski definition) is 2. The molecule has 0 amide bonds. The van der Waals surface area contributed by atoms with E-state index in [4.69, 9.17) is 0 Å². The largest absolute Gasteiger partial charge is 0.387 e. The molecule has 1 N–H and O–H groups in total. The smallest absolute Gasteiger partial charge is 0.0286 e. The first kappa shape index (κ1) is 6.08. The van der Waals surface area contributed by atoms with Crippen LogP contribution in [0.3, 0.4) is 0 Å². The molecule has 0 spiro atoms. The van der Waals surface area contributed by atoms with Crippen molar-refractivity contribution in [3.8, 4) is 0 Å². The van der Waals surface area contributed by atoms with E-state index in [0.717, 1.165) is 0 Å². The Morgan fingerprint density at radius 3 is 2.50 bits per heavy atom. The van der Waals surface area contributed by atoms with E-state index in [2.05, 4.69) is 16.4 Å². The summed E-state index contributed by atoms with van der Waals surface area (Å²) in [6.07, 6.45) is 6.31. The molecule has 2 heterocycles. The second kappa shape index (κ2) is 2.52. The lowest BCUT2D eigenvalue weighted by Crippen LogP contribution is -2.30. The zero-order valence-corrected chi connectivity index (χ0v) is 6.27. The van der Waals surface area contributed by atoms with Crippen LogP contribution in [0.4, 0.5) is 0 Å². The highest BCUT2D eigenvalue weighted by atomic mass is 15.1. The van der Waals surface area contributed by atoms with E-state index in [1.54, 1.807) is 0 Å². The van der Waals surface area contributed by atoms with Gasteiger partial charge >= 0.3 is 0 Å². The van der Waals surface area contributed by atoms with E-state index in [9.17, 15) is 0 Å². The number of rotatable bonds is 1. The van der Waals surface area contributed by atoms with Gasteiger partial charge in [-0.25, -0.2) is 0 Å². The molecule has 2 heteroatoms. The standard InChI is InChI=1S/C8H14N2/c1-2-6-10(5-1)7-8-3-4-9-8/h7,9H,1-6H2. The van der Waals surface area contributed by atoms with Gasteiger partial charge in [-0.15, -0.1) is 0 Å². The van der Waals surface area contributed by atoms with Crippen LogP contribution in [0, 0.1) is 0 Å². The third-order valence-corrected chi connectivity index (χ3v) is 2.23. The number of likely N-dealkylation sites (tertiary alicyclic amines) is 1. The maximum atomic E-state index is 3.29. The topological polar surface area (TPSA) is 15.3 Å². The lowest BCUT2D eigenvalue weighted by atomic mass is 10.2. The van der Waals surface area contributed by atoms with Crippen molar-refractivity contribution in [2.75, 3.05) is 19.6 Å². The van der Waals surface area contributed by atoms with Gasteiger partial charge < -0.3 is 10.2 Å². The Bertz CT molecular complexity index is 139. The highest BCUT2D eigenvalue weighted by molar-refractivity contribution is 5.07. The Labute approximate surface area is 61.9 Å². The molecule has 56 valence electrons.